The predicted octanol–water partition coefficient (Wildman–Crippen LogP) is 1.57. The van der Waals surface area contributed by atoms with Gasteiger partial charge in [0.1, 0.15) is 6.54 Å². The van der Waals surface area contributed by atoms with Gasteiger partial charge in [-0.2, -0.15) is 0 Å². The molecule has 1 aromatic rings. The van der Waals surface area contributed by atoms with Gasteiger partial charge in [-0.3, -0.25) is 4.79 Å². The van der Waals surface area contributed by atoms with Crippen LogP contribution in [-0.4, -0.2) is 37.4 Å². The van der Waals surface area contributed by atoms with Gasteiger partial charge in [-0.05, 0) is 18.6 Å². The summed E-state index contributed by atoms with van der Waals surface area (Å²) in [5.74, 6) is -0.178. The Balaban J connectivity index is 2.33. The van der Waals surface area contributed by atoms with Gasteiger partial charge in [0.15, 0.2) is 0 Å². The highest BCUT2D eigenvalue weighted by atomic mass is 16.5. The van der Waals surface area contributed by atoms with Crippen molar-refractivity contribution >= 4 is 5.97 Å². The molecule has 19 heavy (non-hydrogen) atoms. The van der Waals surface area contributed by atoms with E-state index in [0.717, 1.165) is 31.6 Å². The Hall–Kier alpha value is -1.33. The van der Waals surface area contributed by atoms with E-state index in [-0.39, 0.29) is 12.5 Å². The first-order chi connectivity index (χ1) is 9.27. The lowest BCUT2D eigenvalue weighted by Gasteiger charge is -2.10. The third-order valence-electron chi connectivity index (χ3n) is 2.77. The van der Waals surface area contributed by atoms with E-state index >= 15 is 0 Å². The Bertz CT molecular complexity index is 363. The van der Waals surface area contributed by atoms with Gasteiger partial charge >= 0.3 is 5.97 Å². The van der Waals surface area contributed by atoms with E-state index in [1.807, 2.05) is 22.9 Å². The second-order valence-electron chi connectivity index (χ2n) is 4.37. The van der Waals surface area contributed by atoms with E-state index in [2.05, 4.69) is 12.2 Å². The number of esters is 1. The molecule has 0 saturated heterocycles. The Kier molecular flexibility index (Phi) is 7.93. The first kappa shape index (κ1) is 15.7. The second-order valence-corrected chi connectivity index (χ2v) is 4.37. The lowest BCUT2D eigenvalue weighted by Crippen LogP contribution is -2.22. The molecular weight excluding hydrogens is 244 g/mol. The number of aromatic nitrogens is 1. The van der Waals surface area contributed by atoms with Crippen LogP contribution in [0, 0.1) is 0 Å². The SMILES string of the molecule is CCCCOC(=O)Cn1cccc1CNCCOC. The van der Waals surface area contributed by atoms with Gasteiger partial charge in [-0.1, -0.05) is 13.3 Å². The maximum Gasteiger partial charge on any atom is 0.325 e. The molecule has 0 fully saturated rings. The lowest BCUT2D eigenvalue weighted by atomic mass is 10.4. The number of nitrogens with zero attached hydrogens (tertiary/aromatic N) is 1. The van der Waals surface area contributed by atoms with Crippen LogP contribution < -0.4 is 5.32 Å². The number of methoxy groups -OCH3 is 1. The highest BCUT2D eigenvalue weighted by Crippen LogP contribution is 2.03. The molecule has 0 amide bonds. The van der Waals surface area contributed by atoms with Gasteiger partial charge in [0, 0.05) is 32.1 Å². The highest BCUT2D eigenvalue weighted by Gasteiger charge is 2.07. The van der Waals surface area contributed by atoms with E-state index in [1.54, 1.807) is 7.11 Å². The van der Waals surface area contributed by atoms with Gasteiger partial charge in [0.2, 0.25) is 0 Å². The summed E-state index contributed by atoms with van der Waals surface area (Å²) >= 11 is 0. The van der Waals surface area contributed by atoms with E-state index in [0.29, 0.717) is 13.2 Å². The monoisotopic (exact) mass is 268 g/mol. The topological polar surface area (TPSA) is 52.5 Å². The van der Waals surface area contributed by atoms with Crippen molar-refractivity contribution in [3.05, 3.63) is 24.0 Å². The molecular formula is C14H24N2O3. The number of ether oxygens (including phenoxy) is 2. The normalized spacial score (nSPS) is 10.6. The van der Waals surface area contributed by atoms with Crippen LogP contribution in [0.5, 0.6) is 0 Å². The Morgan fingerprint density at radius 3 is 3.00 bits per heavy atom. The zero-order chi connectivity index (χ0) is 13.9. The second kappa shape index (κ2) is 9.58. The molecule has 0 aliphatic rings. The molecule has 0 radical (unpaired) electrons. The quantitative estimate of drug-likeness (QED) is 0.517. The zero-order valence-electron chi connectivity index (χ0n) is 11.9. The molecule has 5 heteroatoms. The molecule has 0 aromatic carbocycles. The number of carbonyl (C=O) groups is 1. The Morgan fingerprint density at radius 2 is 2.26 bits per heavy atom. The molecule has 1 heterocycles. The number of hydrogen-bond acceptors (Lipinski definition) is 4. The van der Waals surface area contributed by atoms with Crippen molar-refractivity contribution in [3.63, 3.8) is 0 Å². The standard InChI is InChI=1S/C14H24N2O3/c1-3-4-9-19-14(17)12-16-8-5-6-13(16)11-15-7-10-18-2/h5-6,8,15H,3-4,7,9-12H2,1-2H3. The number of nitrogens with one attached hydrogen (secondary N) is 1. The smallest absolute Gasteiger partial charge is 0.325 e. The minimum absolute atomic E-state index is 0.178. The Morgan fingerprint density at radius 1 is 1.42 bits per heavy atom. The van der Waals surface area contributed by atoms with Crippen LogP contribution in [0.3, 0.4) is 0 Å². The van der Waals surface area contributed by atoms with Crippen LogP contribution in [0.2, 0.25) is 0 Å². The van der Waals surface area contributed by atoms with E-state index in [9.17, 15) is 4.79 Å². The van der Waals surface area contributed by atoms with E-state index in [4.69, 9.17) is 9.47 Å². The van der Waals surface area contributed by atoms with Crippen molar-refractivity contribution in [3.8, 4) is 0 Å². The van der Waals surface area contributed by atoms with Gasteiger partial charge in [-0.15, -0.1) is 0 Å². The van der Waals surface area contributed by atoms with Crippen LogP contribution in [0.4, 0.5) is 0 Å². The van der Waals surface area contributed by atoms with Crippen molar-refractivity contribution < 1.29 is 14.3 Å². The summed E-state index contributed by atoms with van der Waals surface area (Å²) in [4.78, 5) is 11.6. The predicted molar refractivity (Wildman–Crippen MR) is 73.9 cm³/mol. The fourth-order valence-electron chi connectivity index (χ4n) is 1.67. The number of unbranched alkanes of at least 4 members (excludes halogenated alkanes) is 1. The largest absolute Gasteiger partial charge is 0.464 e. The maximum atomic E-state index is 11.6. The van der Waals surface area contributed by atoms with Crippen LogP contribution in [-0.2, 0) is 27.4 Å². The third kappa shape index (κ3) is 6.40. The average Bonchev–Trinajstić information content (AvgIpc) is 2.82. The summed E-state index contributed by atoms with van der Waals surface area (Å²) in [5, 5.41) is 3.26. The highest BCUT2D eigenvalue weighted by molar-refractivity contribution is 5.69. The molecule has 1 N–H and O–H groups in total. The molecule has 0 saturated carbocycles. The summed E-state index contributed by atoms with van der Waals surface area (Å²) < 4.78 is 12.0. The molecule has 108 valence electrons. The molecule has 1 rings (SSSR count). The zero-order valence-corrected chi connectivity index (χ0v) is 11.9. The number of rotatable bonds is 10. The fourth-order valence-corrected chi connectivity index (χ4v) is 1.67. The maximum absolute atomic E-state index is 11.6. The van der Waals surface area contributed by atoms with Crippen LogP contribution in [0.1, 0.15) is 25.5 Å². The number of carbonyl (C=O) groups excluding carboxylic acids is 1. The summed E-state index contributed by atoms with van der Waals surface area (Å²) in [7, 11) is 1.68. The third-order valence-corrected chi connectivity index (χ3v) is 2.77. The van der Waals surface area contributed by atoms with Gasteiger partial charge in [0.25, 0.3) is 0 Å². The first-order valence-electron chi connectivity index (χ1n) is 6.77. The molecule has 0 aliphatic carbocycles. The average molecular weight is 268 g/mol. The van der Waals surface area contributed by atoms with Crippen molar-refractivity contribution in [2.24, 2.45) is 0 Å². The Labute approximate surface area is 114 Å². The van der Waals surface area contributed by atoms with Crippen molar-refractivity contribution in [1.29, 1.82) is 0 Å². The van der Waals surface area contributed by atoms with E-state index < -0.39 is 0 Å². The molecule has 1 aromatic heterocycles. The van der Waals surface area contributed by atoms with Crippen LogP contribution in [0.15, 0.2) is 18.3 Å². The van der Waals surface area contributed by atoms with Crippen molar-refractivity contribution in [2.45, 2.75) is 32.9 Å². The minimum atomic E-state index is -0.178. The van der Waals surface area contributed by atoms with Crippen molar-refractivity contribution in [2.75, 3.05) is 26.9 Å². The minimum Gasteiger partial charge on any atom is -0.464 e. The summed E-state index contributed by atoms with van der Waals surface area (Å²) in [6, 6.07) is 3.94. The first-order valence-corrected chi connectivity index (χ1v) is 6.77. The van der Waals surface area contributed by atoms with Gasteiger partial charge in [-0.25, -0.2) is 0 Å². The van der Waals surface area contributed by atoms with Crippen molar-refractivity contribution in [1.82, 2.24) is 9.88 Å². The molecule has 0 aliphatic heterocycles. The summed E-state index contributed by atoms with van der Waals surface area (Å²) in [5.41, 5.74) is 1.07. The molecule has 5 nitrogen and oxygen atoms in total. The van der Waals surface area contributed by atoms with Crippen LogP contribution in [0.25, 0.3) is 0 Å². The molecule has 0 atom stereocenters. The molecule has 0 unspecified atom stereocenters. The summed E-state index contributed by atoms with van der Waals surface area (Å²) in [6.07, 6.45) is 3.85. The lowest BCUT2D eigenvalue weighted by molar-refractivity contribution is -0.144. The van der Waals surface area contributed by atoms with Crippen LogP contribution >= 0.6 is 0 Å². The molecule has 0 spiro atoms. The summed E-state index contributed by atoms with van der Waals surface area (Å²) in [6.45, 7) is 5.06. The number of hydrogen-bond donors (Lipinski definition) is 1. The fraction of sp³-hybridized carbons (Fsp3) is 0.643. The van der Waals surface area contributed by atoms with E-state index in [1.165, 1.54) is 0 Å². The molecule has 0 bridgehead atoms. The van der Waals surface area contributed by atoms with Gasteiger partial charge in [0.05, 0.1) is 13.2 Å². The van der Waals surface area contributed by atoms with Gasteiger partial charge < -0.3 is 19.4 Å².